The Kier molecular flexibility index (Phi) is 13.7. The fourth-order valence-corrected chi connectivity index (χ4v) is 38.2. The van der Waals surface area contributed by atoms with Gasteiger partial charge in [0.25, 0.3) is 0 Å². The third-order valence-electron chi connectivity index (χ3n) is 15.1. The van der Waals surface area contributed by atoms with Crippen molar-refractivity contribution in [1.29, 1.82) is 0 Å². The summed E-state index contributed by atoms with van der Waals surface area (Å²) in [4.78, 5) is 0. The number of halogens is 2. The summed E-state index contributed by atoms with van der Waals surface area (Å²) in [5.41, 5.74) is 18.8. The molecule has 0 spiro atoms. The maximum Gasteiger partial charge on any atom is -0.147 e. The molecule has 8 rings (SSSR count). The monoisotopic (exact) mass is 908 g/mol. The van der Waals surface area contributed by atoms with Gasteiger partial charge in [-0.1, -0.05) is 0 Å². The zero-order valence-electron chi connectivity index (χ0n) is 37.1. The third kappa shape index (κ3) is 8.59. The van der Waals surface area contributed by atoms with E-state index in [2.05, 4.69) is 157 Å². The largest absolute Gasteiger partial charge is 0.147 e. The van der Waals surface area contributed by atoms with E-state index < -0.39 is 17.4 Å². The smallest absolute Gasteiger partial charge is 0.147 e. The van der Waals surface area contributed by atoms with Crippen molar-refractivity contribution in [3.8, 4) is 22.3 Å². The molecule has 2 unspecified atom stereocenters. The Balaban J connectivity index is 0.00000283. The van der Waals surface area contributed by atoms with Crippen molar-refractivity contribution in [1.82, 2.24) is 0 Å². The molecule has 0 heterocycles. The fourth-order valence-electron chi connectivity index (χ4n) is 12.4. The minimum atomic E-state index is -3.93. The van der Waals surface area contributed by atoms with Gasteiger partial charge in [-0.15, -0.1) is 24.8 Å². The maximum atomic E-state index is 2.98. The first-order valence-corrected chi connectivity index (χ1v) is 35.5. The molecule has 4 aromatic carbocycles. The molecule has 0 nitrogen and oxygen atoms in total. The van der Waals surface area contributed by atoms with Gasteiger partial charge in [0.15, 0.2) is 0 Å². The zero-order valence-corrected chi connectivity index (χ0v) is 42.6. The summed E-state index contributed by atoms with van der Waals surface area (Å²) in [5.74, 6) is 1.67. The molecule has 0 N–H and O–H groups in total. The molecule has 58 heavy (non-hydrogen) atoms. The summed E-state index contributed by atoms with van der Waals surface area (Å²) in [6.45, 7) is 19.1. The van der Waals surface area contributed by atoms with Crippen molar-refractivity contribution >= 4 is 43.8 Å². The van der Waals surface area contributed by atoms with Crippen molar-refractivity contribution in [3.05, 3.63) is 129 Å². The van der Waals surface area contributed by atoms with Gasteiger partial charge in [-0.25, -0.2) is 0 Å². The van der Waals surface area contributed by atoms with Gasteiger partial charge in [0.1, 0.15) is 0 Å². The van der Waals surface area contributed by atoms with E-state index in [4.69, 9.17) is 0 Å². The van der Waals surface area contributed by atoms with Crippen molar-refractivity contribution < 1.29 is 17.4 Å². The molecule has 2 fully saturated rings. The van der Waals surface area contributed by atoms with Crippen LogP contribution in [0.15, 0.2) is 96.1 Å². The van der Waals surface area contributed by atoms with Crippen LogP contribution in [0.25, 0.3) is 34.4 Å². The predicted molar refractivity (Wildman–Crippen MR) is 260 cm³/mol. The van der Waals surface area contributed by atoms with E-state index in [0.29, 0.717) is 7.25 Å². The van der Waals surface area contributed by atoms with E-state index in [1.54, 1.807) is 22.3 Å². The average molecular weight is 911 g/mol. The number of allylic oxidation sites excluding steroid dienone is 2. The first-order valence-electron chi connectivity index (χ1n) is 22.6. The molecule has 0 aromatic heterocycles. The van der Waals surface area contributed by atoms with Crippen LogP contribution in [0, 0.1) is 11.8 Å². The molecular weight excluding hydrogens is 839 g/mol. The Morgan fingerprint density at radius 2 is 0.914 bits per heavy atom. The van der Waals surface area contributed by atoms with Crippen LogP contribution < -0.4 is 0 Å². The van der Waals surface area contributed by atoms with Crippen LogP contribution in [0.4, 0.5) is 0 Å². The van der Waals surface area contributed by atoms with Crippen molar-refractivity contribution in [2.75, 3.05) is 0 Å². The summed E-state index contributed by atoms with van der Waals surface area (Å²) >= 11 is -3.93. The van der Waals surface area contributed by atoms with Crippen molar-refractivity contribution in [2.45, 2.75) is 146 Å². The number of benzene rings is 4. The van der Waals surface area contributed by atoms with Crippen LogP contribution in [0.5, 0.6) is 0 Å². The van der Waals surface area contributed by atoms with Crippen molar-refractivity contribution in [2.24, 2.45) is 11.8 Å². The Labute approximate surface area is 367 Å². The van der Waals surface area contributed by atoms with E-state index in [0.717, 1.165) is 11.8 Å². The molecule has 4 aliphatic rings. The normalized spacial score (nSPS) is 19.9. The molecule has 0 aliphatic heterocycles. The predicted octanol–water partition coefficient (Wildman–Crippen LogP) is 16.3. The molecule has 4 aliphatic carbocycles. The van der Waals surface area contributed by atoms with Crippen molar-refractivity contribution in [3.63, 3.8) is 0 Å². The average Bonchev–Trinajstić information content (AvgIpc) is 3.98. The minimum absolute atomic E-state index is 0. The van der Waals surface area contributed by atoms with Crippen LogP contribution in [0.1, 0.15) is 160 Å². The topological polar surface area (TPSA) is 0 Å². The molecular formula is C54H72Cl2SiZr. The molecule has 0 amide bonds. The van der Waals surface area contributed by atoms with Gasteiger partial charge in [-0.2, -0.15) is 0 Å². The van der Waals surface area contributed by atoms with Gasteiger partial charge in [-0.3, -0.25) is 0 Å². The Bertz CT molecular complexity index is 2070. The molecule has 0 radical (unpaired) electrons. The maximum absolute atomic E-state index is 3.93. The Morgan fingerprint density at radius 3 is 1.24 bits per heavy atom. The molecule has 4 aromatic rings. The molecule has 310 valence electrons. The van der Waals surface area contributed by atoms with E-state index in [1.807, 2.05) is 11.1 Å². The van der Waals surface area contributed by atoms with E-state index in [9.17, 15) is 0 Å². The first-order chi connectivity index (χ1) is 26.6. The van der Waals surface area contributed by atoms with E-state index >= 15 is 0 Å². The number of rotatable bonds is 10. The molecule has 2 atom stereocenters. The number of hydrogen-bond donors (Lipinski definition) is 0. The summed E-state index contributed by atoms with van der Waals surface area (Å²) in [6, 6.07) is 34.1. The summed E-state index contributed by atoms with van der Waals surface area (Å²) < 4.78 is 5.55. The van der Waals surface area contributed by atoms with Crippen LogP contribution in [-0.4, -0.2) is 6.88 Å². The minimum Gasteiger partial charge on any atom is -0.147 e. The number of hydrogen-bond acceptors (Lipinski definition) is 0. The molecule has 0 saturated heterocycles. The summed E-state index contributed by atoms with van der Waals surface area (Å²) in [7, 11) is 0. The zero-order chi connectivity index (χ0) is 39.5. The van der Waals surface area contributed by atoms with E-state index in [-0.39, 0.29) is 35.6 Å². The summed E-state index contributed by atoms with van der Waals surface area (Å²) in [5, 5.41) is 0. The van der Waals surface area contributed by atoms with Crippen LogP contribution >= 0.6 is 24.8 Å². The van der Waals surface area contributed by atoms with Crippen LogP contribution in [0.2, 0.25) is 8.76 Å². The van der Waals surface area contributed by atoms with Gasteiger partial charge in [0.2, 0.25) is 0 Å². The Morgan fingerprint density at radius 1 is 0.552 bits per heavy atom. The van der Waals surface area contributed by atoms with Gasteiger partial charge >= 0.3 is 346 Å². The second-order valence-corrected chi connectivity index (χ2v) is 50.0. The fraction of sp³-hybridized carbons (Fsp3) is 0.481. The number of fused-ring (bicyclic) bond motifs is 2. The third-order valence-corrected chi connectivity index (χ3v) is 38.6. The van der Waals surface area contributed by atoms with Crippen LogP contribution in [-0.2, 0) is 28.2 Å². The van der Waals surface area contributed by atoms with Gasteiger partial charge in [0, 0.05) is 0 Å². The first kappa shape index (κ1) is 45.6. The second-order valence-electron chi connectivity index (χ2n) is 21.6. The standard InChI is InChI=1S/2C25H29.C3H7.CH3.2ClH.H2Si.Zr/c2*1-25(2,3)22-13-11-20(12-14-22)23-10-6-9-21-16-19(17-24(21)23)15-18-7-4-5-8-18;1-3-2;;;;;/h2*6,9-14,16-18H,4-5,7-8,15H2,1-3H3;1,3H2,2H3;1H3;2*1H;1H2;. The molecule has 4 heteroatoms. The van der Waals surface area contributed by atoms with Gasteiger partial charge in [-0.05, 0) is 0 Å². The second kappa shape index (κ2) is 17.4. The summed E-state index contributed by atoms with van der Waals surface area (Å²) in [6.07, 6.45) is 20.7. The van der Waals surface area contributed by atoms with Gasteiger partial charge < -0.3 is 0 Å². The SMILES string of the molecule is CC[CH2][Zr]([CH3])(=[SiH2])([CH]1C(CC2CCCC2)=Cc2c(-c3ccc(C(C)(C)C)cc3)cccc21)[CH]1C(CC2CCCC2)=Cc2c(-c3ccc(C(C)(C)C)cc3)cccc21.Cl.Cl. The Hall–Kier alpha value is -1.96. The van der Waals surface area contributed by atoms with E-state index in [1.165, 1.54) is 108 Å². The molecule has 2 saturated carbocycles. The van der Waals surface area contributed by atoms with Gasteiger partial charge in [0.05, 0.1) is 0 Å². The molecule has 0 bridgehead atoms. The quantitative estimate of drug-likeness (QED) is 0.139. The van der Waals surface area contributed by atoms with Crippen LogP contribution in [0.3, 0.4) is 0 Å².